The van der Waals surface area contributed by atoms with E-state index in [2.05, 4.69) is 0 Å². The number of nitrogens with two attached hydrogens (primary N) is 1. The van der Waals surface area contributed by atoms with Crippen LogP contribution in [0.1, 0.15) is 10.4 Å². The zero-order chi connectivity index (χ0) is 10.9. The molecule has 0 bridgehead atoms. The van der Waals surface area contributed by atoms with Crippen LogP contribution in [0.2, 0.25) is 0 Å². The minimum absolute atomic E-state index is 0.00299. The topological polar surface area (TPSA) is 121 Å². The molecule has 0 atom stereocenters. The molecule has 0 aliphatic carbocycles. The maximum atomic E-state index is 10.8. The maximum absolute atomic E-state index is 10.8. The Bertz CT molecular complexity index is 424. The molecule has 0 aromatic heterocycles. The molecule has 1 rings (SSSR count). The standard InChI is InChI=1S/C7H8NO5P/c8-5-1-4(7(9)10)2-6(3-5)14(11,12)13/h1-3H,8H2,(H,9,10)(H2,11,12,13). The summed E-state index contributed by atoms with van der Waals surface area (Å²) < 4.78 is 10.8. The van der Waals surface area contributed by atoms with Crippen LogP contribution in [0.25, 0.3) is 0 Å². The van der Waals surface area contributed by atoms with Gasteiger partial charge in [0, 0.05) is 5.69 Å². The van der Waals surface area contributed by atoms with Gasteiger partial charge in [-0.15, -0.1) is 0 Å². The first kappa shape index (κ1) is 10.7. The molecule has 7 heteroatoms. The molecule has 1 aromatic carbocycles. The van der Waals surface area contributed by atoms with Gasteiger partial charge in [-0.05, 0) is 18.2 Å². The van der Waals surface area contributed by atoms with Crippen LogP contribution in [0.5, 0.6) is 0 Å². The predicted molar refractivity (Wildman–Crippen MR) is 49.5 cm³/mol. The molecule has 76 valence electrons. The van der Waals surface area contributed by atoms with E-state index in [-0.39, 0.29) is 11.3 Å². The molecular weight excluding hydrogens is 209 g/mol. The van der Waals surface area contributed by atoms with E-state index in [1.54, 1.807) is 0 Å². The third-order valence-corrected chi connectivity index (χ3v) is 2.45. The molecule has 1 aromatic rings. The van der Waals surface area contributed by atoms with Crippen molar-refractivity contribution in [2.24, 2.45) is 0 Å². The Kier molecular flexibility index (Phi) is 2.62. The molecule has 0 fully saturated rings. The van der Waals surface area contributed by atoms with Gasteiger partial charge in [0.05, 0.1) is 10.9 Å². The molecule has 0 spiro atoms. The Morgan fingerprint density at radius 3 is 2.29 bits per heavy atom. The van der Waals surface area contributed by atoms with Crippen LogP contribution in [0.15, 0.2) is 18.2 Å². The van der Waals surface area contributed by atoms with Crippen molar-refractivity contribution in [3.05, 3.63) is 23.8 Å². The highest BCUT2D eigenvalue weighted by molar-refractivity contribution is 7.60. The normalized spacial score (nSPS) is 11.3. The van der Waals surface area contributed by atoms with Crippen molar-refractivity contribution < 1.29 is 24.3 Å². The van der Waals surface area contributed by atoms with Gasteiger partial charge in [-0.1, -0.05) is 0 Å². The zero-order valence-corrected chi connectivity index (χ0v) is 7.81. The van der Waals surface area contributed by atoms with Gasteiger partial charge < -0.3 is 20.6 Å². The predicted octanol–water partition coefficient (Wildman–Crippen LogP) is -0.230. The molecule has 5 N–H and O–H groups in total. The van der Waals surface area contributed by atoms with Gasteiger partial charge >= 0.3 is 13.6 Å². The van der Waals surface area contributed by atoms with E-state index < -0.39 is 18.9 Å². The molecule has 6 nitrogen and oxygen atoms in total. The number of carbonyl (C=O) groups is 1. The molecule has 0 heterocycles. The van der Waals surface area contributed by atoms with Gasteiger partial charge in [0.1, 0.15) is 0 Å². The summed E-state index contributed by atoms with van der Waals surface area (Å²) in [6.45, 7) is 0. The number of hydrogen-bond acceptors (Lipinski definition) is 3. The van der Waals surface area contributed by atoms with Crippen LogP contribution in [-0.2, 0) is 4.57 Å². The Balaban J connectivity index is 3.35. The smallest absolute Gasteiger partial charge is 0.356 e. The Morgan fingerprint density at radius 2 is 1.86 bits per heavy atom. The number of benzene rings is 1. The Labute approximate surface area is 79.1 Å². The summed E-state index contributed by atoms with van der Waals surface area (Å²) in [5, 5.41) is 8.20. The molecular formula is C7H8NO5P. The Hall–Kier alpha value is -1.36. The van der Waals surface area contributed by atoms with E-state index in [1.807, 2.05) is 0 Å². The highest BCUT2D eigenvalue weighted by Crippen LogP contribution is 2.34. The van der Waals surface area contributed by atoms with Crippen molar-refractivity contribution in [2.75, 3.05) is 5.73 Å². The van der Waals surface area contributed by atoms with E-state index in [9.17, 15) is 9.36 Å². The number of carboxylic acids is 1. The van der Waals surface area contributed by atoms with Crippen molar-refractivity contribution in [1.82, 2.24) is 0 Å². The molecule has 0 amide bonds. The number of nitrogen functional groups attached to an aromatic ring is 1. The van der Waals surface area contributed by atoms with Gasteiger partial charge in [-0.25, -0.2) is 4.79 Å². The quantitative estimate of drug-likeness (QED) is 0.401. The van der Waals surface area contributed by atoms with Gasteiger partial charge in [-0.3, -0.25) is 4.57 Å². The van der Waals surface area contributed by atoms with Crippen molar-refractivity contribution in [3.63, 3.8) is 0 Å². The van der Waals surface area contributed by atoms with Gasteiger partial charge in [0.25, 0.3) is 0 Å². The molecule has 0 aliphatic heterocycles. The lowest BCUT2D eigenvalue weighted by molar-refractivity contribution is 0.0697. The van der Waals surface area contributed by atoms with Gasteiger partial charge in [0.15, 0.2) is 0 Å². The average molecular weight is 217 g/mol. The van der Waals surface area contributed by atoms with E-state index in [1.165, 1.54) is 0 Å². The van der Waals surface area contributed by atoms with Crippen LogP contribution in [0.3, 0.4) is 0 Å². The molecule has 0 saturated carbocycles. The van der Waals surface area contributed by atoms with E-state index >= 15 is 0 Å². The molecule has 0 saturated heterocycles. The minimum Gasteiger partial charge on any atom is -0.478 e. The average Bonchev–Trinajstić information content (AvgIpc) is 2.01. The first-order valence-electron chi connectivity index (χ1n) is 3.50. The molecule has 14 heavy (non-hydrogen) atoms. The highest BCUT2D eigenvalue weighted by Gasteiger charge is 2.19. The molecule has 0 aliphatic rings. The van der Waals surface area contributed by atoms with E-state index in [0.717, 1.165) is 18.2 Å². The summed E-state index contributed by atoms with van der Waals surface area (Å²) in [6, 6.07) is 3.08. The van der Waals surface area contributed by atoms with E-state index in [4.69, 9.17) is 20.6 Å². The summed E-state index contributed by atoms with van der Waals surface area (Å²) in [5.74, 6) is -1.29. The fraction of sp³-hybridized carbons (Fsp3) is 0. The van der Waals surface area contributed by atoms with Crippen molar-refractivity contribution >= 4 is 24.6 Å². The summed E-state index contributed by atoms with van der Waals surface area (Å²) in [7, 11) is -4.45. The first-order valence-corrected chi connectivity index (χ1v) is 5.12. The second-order valence-electron chi connectivity index (χ2n) is 2.66. The summed E-state index contributed by atoms with van der Waals surface area (Å²) in [6.07, 6.45) is 0. The molecule has 0 unspecified atom stereocenters. The fourth-order valence-electron chi connectivity index (χ4n) is 0.926. The zero-order valence-electron chi connectivity index (χ0n) is 6.91. The summed E-state index contributed by atoms with van der Waals surface area (Å²) in [4.78, 5) is 28.1. The van der Waals surface area contributed by atoms with Crippen LogP contribution in [-0.4, -0.2) is 20.9 Å². The van der Waals surface area contributed by atoms with Gasteiger partial charge in [-0.2, -0.15) is 0 Å². The third-order valence-electron chi connectivity index (χ3n) is 1.52. The van der Waals surface area contributed by atoms with Crippen LogP contribution < -0.4 is 11.0 Å². The lowest BCUT2D eigenvalue weighted by Gasteiger charge is -2.06. The SMILES string of the molecule is Nc1cc(C(=O)O)cc(P(=O)(O)O)c1. The lowest BCUT2D eigenvalue weighted by atomic mass is 10.2. The number of rotatable bonds is 2. The Morgan fingerprint density at radius 1 is 1.29 bits per heavy atom. The number of hydrogen-bond donors (Lipinski definition) is 4. The molecule has 0 radical (unpaired) electrons. The lowest BCUT2D eigenvalue weighted by Crippen LogP contribution is -2.09. The van der Waals surface area contributed by atoms with Crippen molar-refractivity contribution in [3.8, 4) is 0 Å². The van der Waals surface area contributed by atoms with Crippen LogP contribution in [0, 0.1) is 0 Å². The second kappa shape index (κ2) is 3.42. The first-order chi connectivity index (χ1) is 6.30. The number of carboxylic acid groups (broad SMARTS) is 1. The largest absolute Gasteiger partial charge is 0.478 e. The van der Waals surface area contributed by atoms with Crippen LogP contribution >= 0.6 is 7.60 Å². The third kappa shape index (κ3) is 2.32. The monoisotopic (exact) mass is 217 g/mol. The highest BCUT2D eigenvalue weighted by atomic mass is 31.2. The second-order valence-corrected chi connectivity index (χ2v) is 4.27. The fourth-order valence-corrected chi connectivity index (χ4v) is 1.55. The number of anilines is 1. The minimum atomic E-state index is -4.45. The maximum Gasteiger partial charge on any atom is 0.356 e. The summed E-state index contributed by atoms with van der Waals surface area (Å²) in [5.41, 5.74) is 5.04. The van der Waals surface area contributed by atoms with E-state index in [0.29, 0.717) is 0 Å². The van der Waals surface area contributed by atoms with Crippen molar-refractivity contribution in [1.29, 1.82) is 0 Å². The van der Waals surface area contributed by atoms with Crippen molar-refractivity contribution in [2.45, 2.75) is 0 Å². The van der Waals surface area contributed by atoms with Gasteiger partial charge in [0.2, 0.25) is 0 Å². The van der Waals surface area contributed by atoms with Crippen LogP contribution in [0.4, 0.5) is 5.69 Å². The summed E-state index contributed by atoms with van der Waals surface area (Å²) >= 11 is 0. The number of aromatic carboxylic acids is 1.